The summed E-state index contributed by atoms with van der Waals surface area (Å²) in [6.07, 6.45) is 7.32. The molecule has 1 aliphatic carbocycles. The Hall–Kier alpha value is -2.99. The van der Waals surface area contributed by atoms with Crippen LogP contribution in [0.4, 0.5) is 0 Å². The maximum absolute atomic E-state index is 12.9. The molecule has 1 saturated carbocycles. The van der Waals surface area contributed by atoms with Gasteiger partial charge in [-0.25, -0.2) is 0 Å². The minimum Gasteiger partial charge on any atom is -0.352 e. The highest BCUT2D eigenvalue weighted by Crippen LogP contribution is 2.35. The summed E-state index contributed by atoms with van der Waals surface area (Å²) < 4.78 is 5.36. The monoisotopic (exact) mass is 402 g/mol. The van der Waals surface area contributed by atoms with Crippen LogP contribution in [0.5, 0.6) is 0 Å². The number of benzene rings is 2. The molecule has 6 nitrogen and oxygen atoms in total. The zero-order chi connectivity index (χ0) is 20.3. The Morgan fingerprint density at radius 1 is 1.17 bits per heavy atom. The van der Waals surface area contributed by atoms with E-state index < -0.39 is 0 Å². The van der Waals surface area contributed by atoms with Crippen molar-refractivity contribution in [3.05, 3.63) is 65.3 Å². The molecule has 0 bridgehead atoms. The van der Waals surface area contributed by atoms with E-state index >= 15 is 0 Å². The molecule has 3 aromatic rings. The van der Waals surface area contributed by atoms with Crippen molar-refractivity contribution in [2.45, 2.75) is 38.0 Å². The van der Waals surface area contributed by atoms with E-state index in [1.54, 1.807) is 0 Å². The zero-order valence-corrected chi connectivity index (χ0v) is 17.0. The number of aromatic nitrogens is 2. The third-order valence-electron chi connectivity index (χ3n) is 6.15. The van der Waals surface area contributed by atoms with Gasteiger partial charge >= 0.3 is 0 Å². The predicted octanol–water partition coefficient (Wildman–Crippen LogP) is 3.84. The van der Waals surface area contributed by atoms with Crippen LogP contribution < -0.4 is 10.6 Å². The van der Waals surface area contributed by atoms with E-state index in [1.165, 1.54) is 17.6 Å². The fourth-order valence-electron chi connectivity index (χ4n) is 4.23. The second kappa shape index (κ2) is 8.40. The minimum atomic E-state index is -0.0697. The van der Waals surface area contributed by atoms with Crippen molar-refractivity contribution in [3.63, 3.8) is 0 Å². The second-order valence-corrected chi connectivity index (χ2v) is 8.07. The number of hydrogen-bond acceptors (Lipinski definition) is 5. The van der Waals surface area contributed by atoms with Gasteiger partial charge in [0.2, 0.25) is 5.89 Å². The first-order valence-electron chi connectivity index (χ1n) is 10.8. The summed E-state index contributed by atoms with van der Waals surface area (Å²) in [5, 5.41) is 12.5. The van der Waals surface area contributed by atoms with Crippen molar-refractivity contribution < 1.29 is 9.32 Å². The molecule has 154 valence electrons. The zero-order valence-electron chi connectivity index (χ0n) is 17.0. The highest BCUT2D eigenvalue weighted by Gasteiger charge is 2.25. The maximum atomic E-state index is 12.9. The van der Waals surface area contributed by atoms with Crippen molar-refractivity contribution in [1.82, 2.24) is 20.8 Å². The third-order valence-corrected chi connectivity index (χ3v) is 6.15. The first-order valence-corrected chi connectivity index (χ1v) is 10.8. The SMILES string of the molecule is O=C(NCCc1noc(C2CCC2)n1)c1cccc2c(C3=CCNCC3)cccc12. The van der Waals surface area contributed by atoms with Crippen molar-refractivity contribution in [2.24, 2.45) is 0 Å². The van der Waals surface area contributed by atoms with Gasteiger partial charge in [0, 0.05) is 31.0 Å². The fraction of sp³-hybridized carbons (Fsp3) is 0.375. The van der Waals surface area contributed by atoms with E-state index in [2.05, 4.69) is 39.0 Å². The van der Waals surface area contributed by atoms with Crippen LogP contribution >= 0.6 is 0 Å². The Balaban J connectivity index is 1.30. The number of nitrogens with zero attached hydrogens (tertiary/aromatic N) is 2. The van der Waals surface area contributed by atoms with Gasteiger partial charge < -0.3 is 15.2 Å². The summed E-state index contributed by atoms with van der Waals surface area (Å²) in [4.78, 5) is 17.4. The first-order chi connectivity index (χ1) is 14.8. The van der Waals surface area contributed by atoms with Crippen LogP contribution in [0.15, 0.2) is 47.0 Å². The standard InChI is InChI=1S/C24H26N4O2/c29-23(26-15-12-22-27-24(30-28-22)17-4-1-5-17)21-9-3-7-19-18(6-2-8-20(19)21)16-10-13-25-14-11-16/h2-3,6-10,17,25H,1,4-5,11-15H2,(H,26,29). The molecule has 0 atom stereocenters. The van der Waals surface area contributed by atoms with Crippen LogP contribution in [0.2, 0.25) is 0 Å². The molecular formula is C24H26N4O2. The van der Waals surface area contributed by atoms with Crippen LogP contribution in [0, 0.1) is 0 Å². The van der Waals surface area contributed by atoms with Gasteiger partial charge in [-0.3, -0.25) is 4.79 Å². The molecule has 2 heterocycles. The lowest BCUT2D eigenvalue weighted by atomic mass is 9.85. The average molecular weight is 402 g/mol. The van der Waals surface area contributed by atoms with Gasteiger partial charge in [0.05, 0.1) is 0 Å². The molecule has 2 aliphatic rings. The molecule has 6 heteroatoms. The topological polar surface area (TPSA) is 80.1 Å². The number of rotatable bonds is 6. The molecule has 30 heavy (non-hydrogen) atoms. The number of amides is 1. The second-order valence-electron chi connectivity index (χ2n) is 8.07. The number of nitrogens with one attached hydrogen (secondary N) is 2. The van der Waals surface area contributed by atoms with E-state index in [-0.39, 0.29) is 5.91 Å². The van der Waals surface area contributed by atoms with Gasteiger partial charge in [-0.2, -0.15) is 4.98 Å². The highest BCUT2D eigenvalue weighted by molar-refractivity contribution is 6.09. The smallest absolute Gasteiger partial charge is 0.251 e. The highest BCUT2D eigenvalue weighted by atomic mass is 16.5. The van der Waals surface area contributed by atoms with Crippen molar-refractivity contribution >= 4 is 22.3 Å². The van der Waals surface area contributed by atoms with Crippen LogP contribution in [-0.4, -0.2) is 35.7 Å². The molecule has 0 saturated heterocycles. The van der Waals surface area contributed by atoms with Crippen LogP contribution in [-0.2, 0) is 6.42 Å². The summed E-state index contributed by atoms with van der Waals surface area (Å²) in [6.45, 7) is 2.36. The number of carbonyl (C=O) groups excluding carboxylic acids is 1. The van der Waals surface area contributed by atoms with Gasteiger partial charge in [-0.05, 0) is 53.8 Å². The fourth-order valence-corrected chi connectivity index (χ4v) is 4.23. The first kappa shape index (κ1) is 19.0. The Kier molecular flexibility index (Phi) is 5.32. The molecule has 0 unspecified atom stereocenters. The summed E-state index contributed by atoms with van der Waals surface area (Å²) in [6, 6.07) is 12.2. The van der Waals surface area contributed by atoms with Gasteiger partial charge in [0.1, 0.15) is 0 Å². The lowest BCUT2D eigenvalue weighted by molar-refractivity contribution is 0.0955. The molecular weight excluding hydrogens is 376 g/mol. The molecule has 1 amide bonds. The Morgan fingerprint density at radius 2 is 2.03 bits per heavy atom. The minimum absolute atomic E-state index is 0.0697. The Bertz CT molecular complexity index is 1100. The molecule has 2 N–H and O–H groups in total. The number of carbonyl (C=O) groups is 1. The molecule has 0 radical (unpaired) electrons. The van der Waals surface area contributed by atoms with E-state index in [0.29, 0.717) is 30.3 Å². The summed E-state index contributed by atoms with van der Waals surface area (Å²) in [5.74, 6) is 1.77. The summed E-state index contributed by atoms with van der Waals surface area (Å²) in [5.41, 5.74) is 3.27. The average Bonchev–Trinajstić information content (AvgIpc) is 3.20. The van der Waals surface area contributed by atoms with Crippen LogP contribution in [0.25, 0.3) is 16.3 Å². The lowest BCUT2D eigenvalue weighted by Gasteiger charge is -2.20. The Morgan fingerprint density at radius 3 is 2.83 bits per heavy atom. The molecule has 0 spiro atoms. The van der Waals surface area contributed by atoms with Crippen LogP contribution in [0.3, 0.4) is 0 Å². The van der Waals surface area contributed by atoms with E-state index in [0.717, 1.165) is 49.0 Å². The predicted molar refractivity (Wildman–Crippen MR) is 116 cm³/mol. The molecule has 1 aromatic heterocycles. The number of fused-ring (bicyclic) bond motifs is 1. The van der Waals surface area contributed by atoms with E-state index in [9.17, 15) is 4.79 Å². The van der Waals surface area contributed by atoms with Gasteiger partial charge in [-0.1, -0.05) is 48.0 Å². The molecule has 1 fully saturated rings. The Labute approximate surface area is 175 Å². The van der Waals surface area contributed by atoms with E-state index in [4.69, 9.17) is 4.52 Å². The molecule has 2 aromatic carbocycles. The van der Waals surface area contributed by atoms with Gasteiger partial charge in [-0.15, -0.1) is 0 Å². The largest absolute Gasteiger partial charge is 0.352 e. The van der Waals surface area contributed by atoms with Gasteiger partial charge in [0.25, 0.3) is 5.91 Å². The van der Waals surface area contributed by atoms with Gasteiger partial charge in [0.15, 0.2) is 5.82 Å². The maximum Gasteiger partial charge on any atom is 0.251 e. The molecule has 5 rings (SSSR count). The van der Waals surface area contributed by atoms with Crippen molar-refractivity contribution in [1.29, 1.82) is 0 Å². The summed E-state index contributed by atoms with van der Waals surface area (Å²) in [7, 11) is 0. The van der Waals surface area contributed by atoms with Crippen molar-refractivity contribution in [3.8, 4) is 0 Å². The lowest BCUT2D eigenvalue weighted by Crippen LogP contribution is -2.26. The van der Waals surface area contributed by atoms with Crippen molar-refractivity contribution in [2.75, 3.05) is 19.6 Å². The van der Waals surface area contributed by atoms with Crippen LogP contribution in [0.1, 0.15) is 59.2 Å². The number of hydrogen-bond donors (Lipinski definition) is 2. The third kappa shape index (κ3) is 3.75. The van der Waals surface area contributed by atoms with E-state index in [1.807, 2.05) is 24.3 Å². The quantitative estimate of drug-likeness (QED) is 0.655. The molecule has 1 aliphatic heterocycles. The summed E-state index contributed by atoms with van der Waals surface area (Å²) >= 11 is 0. The normalized spacial score (nSPS) is 16.9.